The number of hydrazone groups is 1. The molecule has 0 aliphatic rings. The lowest BCUT2D eigenvalue weighted by Gasteiger charge is -2.07. The fourth-order valence-electron chi connectivity index (χ4n) is 2.70. The molecule has 7 heteroatoms. The van der Waals surface area contributed by atoms with E-state index < -0.39 is 0 Å². The molecule has 3 aromatic carbocycles. The van der Waals surface area contributed by atoms with Crippen LogP contribution in [0.4, 0.5) is 5.69 Å². The van der Waals surface area contributed by atoms with Crippen molar-refractivity contribution in [3.63, 3.8) is 0 Å². The van der Waals surface area contributed by atoms with Crippen molar-refractivity contribution >= 4 is 23.7 Å². The molecular formula is C24H20N4O3. The Morgan fingerprint density at radius 3 is 2.42 bits per heavy atom. The summed E-state index contributed by atoms with van der Waals surface area (Å²) in [6.45, 7) is 1.72. The lowest BCUT2D eigenvalue weighted by molar-refractivity contribution is -0.114. The quantitative estimate of drug-likeness (QED) is 0.454. The number of rotatable bonds is 7. The molecule has 0 fully saturated rings. The summed E-state index contributed by atoms with van der Waals surface area (Å²) in [5.41, 5.74) is 5.70. The summed E-state index contributed by atoms with van der Waals surface area (Å²) in [4.78, 5) is 23.2. The van der Waals surface area contributed by atoms with Crippen molar-refractivity contribution in [3.8, 4) is 11.8 Å². The molecule has 0 aromatic heterocycles. The van der Waals surface area contributed by atoms with Crippen LogP contribution in [0.1, 0.15) is 34.0 Å². The molecule has 0 atom stereocenters. The zero-order valence-corrected chi connectivity index (χ0v) is 16.8. The van der Waals surface area contributed by atoms with Crippen LogP contribution in [0, 0.1) is 11.3 Å². The Morgan fingerprint density at radius 2 is 1.74 bits per heavy atom. The molecule has 0 saturated carbocycles. The van der Waals surface area contributed by atoms with Crippen molar-refractivity contribution in [1.29, 1.82) is 5.26 Å². The Morgan fingerprint density at radius 1 is 1.03 bits per heavy atom. The van der Waals surface area contributed by atoms with Crippen molar-refractivity contribution < 1.29 is 14.3 Å². The van der Waals surface area contributed by atoms with Gasteiger partial charge in [-0.05, 0) is 60.2 Å². The molecule has 7 nitrogen and oxygen atoms in total. The molecule has 0 spiro atoms. The SMILES string of the molecule is CC(=O)Nc1ccc(C(=O)N/N=C\c2ccc(OCc3ccccc3C#N)cc2)cc1. The third-order valence-corrected chi connectivity index (χ3v) is 4.26. The van der Waals surface area contributed by atoms with Gasteiger partial charge < -0.3 is 10.1 Å². The number of nitrogens with one attached hydrogen (secondary N) is 2. The summed E-state index contributed by atoms with van der Waals surface area (Å²) in [7, 11) is 0. The fraction of sp³-hybridized carbons (Fsp3) is 0.0833. The van der Waals surface area contributed by atoms with Gasteiger partial charge in [-0.25, -0.2) is 5.43 Å². The van der Waals surface area contributed by atoms with Crippen LogP contribution >= 0.6 is 0 Å². The van der Waals surface area contributed by atoms with Gasteiger partial charge in [-0.2, -0.15) is 10.4 Å². The molecule has 0 aliphatic carbocycles. The molecule has 0 radical (unpaired) electrons. The zero-order chi connectivity index (χ0) is 22.1. The van der Waals surface area contributed by atoms with Crippen LogP contribution in [0.3, 0.4) is 0 Å². The minimum atomic E-state index is -0.360. The second-order valence-electron chi connectivity index (χ2n) is 6.58. The molecule has 0 unspecified atom stereocenters. The van der Waals surface area contributed by atoms with E-state index in [2.05, 4.69) is 21.9 Å². The molecule has 2 N–H and O–H groups in total. The van der Waals surface area contributed by atoms with E-state index in [1.54, 1.807) is 42.5 Å². The van der Waals surface area contributed by atoms with Gasteiger partial charge in [0.25, 0.3) is 5.91 Å². The Balaban J connectivity index is 1.51. The fourth-order valence-corrected chi connectivity index (χ4v) is 2.70. The highest BCUT2D eigenvalue weighted by atomic mass is 16.5. The maximum atomic E-state index is 12.1. The lowest BCUT2D eigenvalue weighted by atomic mass is 10.1. The predicted molar refractivity (Wildman–Crippen MR) is 118 cm³/mol. The zero-order valence-electron chi connectivity index (χ0n) is 16.8. The number of nitrogens with zero attached hydrogens (tertiary/aromatic N) is 2. The van der Waals surface area contributed by atoms with Gasteiger partial charge in [0.05, 0.1) is 17.8 Å². The molecular weight excluding hydrogens is 392 g/mol. The average molecular weight is 412 g/mol. The monoisotopic (exact) mass is 412 g/mol. The summed E-state index contributed by atoms with van der Waals surface area (Å²) in [5.74, 6) is 0.125. The van der Waals surface area contributed by atoms with Crippen LogP contribution in [-0.4, -0.2) is 18.0 Å². The van der Waals surface area contributed by atoms with Gasteiger partial charge in [-0.15, -0.1) is 0 Å². The second kappa shape index (κ2) is 10.4. The highest BCUT2D eigenvalue weighted by Gasteiger charge is 2.05. The number of ether oxygens (including phenoxy) is 1. The number of carbonyl (C=O) groups is 2. The van der Waals surface area contributed by atoms with Crippen molar-refractivity contribution in [3.05, 3.63) is 95.1 Å². The van der Waals surface area contributed by atoms with Gasteiger partial charge in [0, 0.05) is 23.7 Å². The second-order valence-corrected chi connectivity index (χ2v) is 6.58. The van der Waals surface area contributed by atoms with Crippen molar-refractivity contribution in [1.82, 2.24) is 5.43 Å². The Hall–Kier alpha value is -4.44. The molecule has 31 heavy (non-hydrogen) atoms. The van der Waals surface area contributed by atoms with E-state index in [0.717, 1.165) is 11.1 Å². The Kier molecular flexibility index (Phi) is 7.12. The number of hydrogen-bond donors (Lipinski definition) is 2. The van der Waals surface area contributed by atoms with Crippen LogP contribution in [0.2, 0.25) is 0 Å². The summed E-state index contributed by atoms with van der Waals surface area (Å²) in [5, 5.41) is 15.7. The van der Waals surface area contributed by atoms with Gasteiger partial charge >= 0.3 is 0 Å². The molecule has 2 amide bonds. The first-order valence-corrected chi connectivity index (χ1v) is 9.47. The van der Waals surface area contributed by atoms with Gasteiger partial charge in [-0.1, -0.05) is 18.2 Å². The molecule has 0 heterocycles. The molecule has 0 saturated heterocycles. The Bertz CT molecular complexity index is 1130. The van der Waals surface area contributed by atoms with Crippen LogP contribution in [0.5, 0.6) is 5.75 Å². The first-order chi connectivity index (χ1) is 15.0. The number of nitriles is 1. The van der Waals surface area contributed by atoms with E-state index >= 15 is 0 Å². The standard InChI is InChI=1S/C24H20N4O3/c1-17(29)27-22-10-8-19(9-11-22)24(30)28-26-15-18-6-12-23(13-7-18)31-16-21-5-3-2-4-20(21)14-25/h2-13,15H,16H2,1H3,(H,27,29)(H,28,30)/b26-15-. The minimum Gasteiger partial charge on any atom is -0.489 e. The van der Waals surface area contributed by atoms with Crippen LogP contribution in [0.25, 0.3) is 0 Å². The summed E-state index contributed by atoms with van der Waals surface area (Å²) in [6.07, 6.45) is 1.53. The van der Waals surface area contributed by atoms with E-state index in [4.69, 9.17) is 10.00 Å². The number of anilines is 1. The highest BCUT2D eigenvalue weighted by Crippen LogP contribution is 2.15. The highest BCUT2D eigenvalue weighted by molar-refractivity contribution is 5.96. The smallest absolute Gasteiger partial charge is 0.271 e. The predicted octanol–water partition coefficient (Wildman–Crippen LogP) is 3.86. The first kappa shape index (κ1) is 21.3. The number of amides is 2. The topological polar surface area (TPSA) is 104 Å². The number of hydrogen-bond acceptors (Lipinski definition) is 5. The number of carbonyl (C=O) groups excluding carboxylic acids is 2. The third-order valence-electron chi connectivity index (χ3n) is 4.26. The van der Waals surface area contributed by atoms with Gasteiger partial charge in [-0.3, -0.25) is 9.59 Å². The van der Waals surface area contributed by atoms with Crippen LogP contribution in [0.15, 0.2) is 77.9 Å². The lowest BCUT2D eigenvalue weighted by Crippen LogP contribution is -2.17. The van der Waals surface area contributed by atoms with Crippen molar-refractivity contribution in [2.24, 2.45) is 5.10 Å². The maximum Gasteiger partial charge on any atom is 0.271 e. The molecule has 3 rings (SSSR count). The van der Waals surface area contributed by atoms with Crippen molar-refractivity contribution in [2.75, 3.05) is 5.32 Å². The molecule has 0 bridgehead atoms. The van der Waals surface area contributed by atoms with Gasteiger partial charge in [0.2, 0.25) is 5.91 Å². The van der Waals surface area contributed by atoms with Gasteiger partial charge in [0.1, 0.15) is 12.4 Å². The minimum absolute atomic E-state index is 0.176. The average Bonchev–Trinajstić information content (AvgIpc) is 2.78. The molecule has 3 aromatic rings. The van der Waals surface area contributed by atoms with Crippen molar-refractivity contribution in [2.45, 2.75) is 13.5 Å². The normalized spacial score (nSPS) is 10.3. The first-order valence-electron chi connectivity index (χ1n) is 9.47. The van der Waals surface area contributed by atoms with E-state index in [1.165, 1.54) is 13.1 Å². The number of benzene rings is 3. The van der Waals surface area contributed by atoms with E-state index in [1.807, 2.05) is 30.3 Å². The third kappa shape index (κ3) is 6.27. The summed E-state index contributed by atoms with van der Waals surface area (Å²) < 4.78 is 5.73. The molecule has 0 aliphatic heterocycles. The maximum absolute atomic E-state index is 12.1. The van der Waals surface area contributed by atoms with Crippen LogP contribution in [-0.2, 0) is 11.4 Å². The molecule has 154 valence electrons. The van der Waals surface area contributed by atoms with E-state index in [-0.39, 0.29) is 11.8 Å². The van der Waals surface area contributed by atoms with E-state index in [0.29, 0.717) is 29.2 Å². The summed E-state index contributed by atoms with van der Waals surface area (Å²) in [6, 6.07) is 23.1. The Labute approximate surface area is 180 Å². The van der Waals surface area contributed by atoms with Gasteiger partial charge in [0.15, 0.2) is 0 Å². The van der Waals surface area contributed by atoms with E-state index in [9.17, 15) is 9.59 Å². The largest absolute Gasteiger partial charge is 0.489 e. The van der Waals surface area contributed by atoms with Crippen LogP contribution < -0.4 is 15.5 Å². The summed E-state index contributed by atoms with van der Waals surface area (Å²) >= 11 is 0.